The van der Waals surface area contributed by atoms with Gasteiger partial charge in [-0.25, -0.2) is 0 Å². The Bertz CT molecular complexity index is 274. The minimum absolute atomic E-state index is 0.169. The largest absolute Gasteiger partial charge is 0.328 e. The van der Waals surface area contributed by atoms with Gasteiger partial charge in [0.05, 0.1) is 12.2 Å². The fourth-order valence-electron chi connectivity index (χ4n) is 2.72. The van der Waals surface area contributed by atoms with Gasteiger partial charge < -0.3 is 4.90 Å². The molecule has 0 aromatic rings. The van der Waals surface area contributed by atoms with Crippen molar-refractivity contribution in [1.82, 2.24) is 10.2 Å². The van der Waals surface area contributed by atoms with E-state index in [1.807, 2.05) is 4.90 Å². The van der Waals surface area contributed by atoms with Gasteiger partial charge in [0.2, 0.25) is 5.91 Å². The number of nitrogens with zero attached hydrogens (tertiary/aromatic N) is 1. The lowest BCUT2D eigenvalue weighted by Crippen LogP contribution is -2.44. The zero-order chi connectivity index (χ0) is 11.8. The maximum atomic E-state index is 12.3. The molecule has 0 radical (unpaired) electrons. The average molecular weight is 224 g/mol. The van der Waals surface area contributed by atoms with E-state index in [1.54, 1.807) is 0 Å². The zero-order valence-electron chi connectivity index (χ0n) is 10.8. The van der Waals surface area contributed by atoms with E-state index in [0.29, 0.717) is 11.3 Å². The zero-order valence-corrected chi connectivity index (χ0v) is 10.8. The quantitative estimate of drug-likeness (QED) is 0.779. The van der Waals surface area contributed by atoms with Crippen molar-refractivity contribution in [2.24, 2.45) is 5.41 Å². The van der Waals surface area contributed by atoms with Gasteiger partial charge in [0, 0.05) is 6.54 Å². The van der Waals surface area contributed by atoms with Crippen LogP contribution in [0.25, 0.3) is 0 Å². The molecule has 0 bridgehead atoms. The van der Waals surface area contributed by atoms with E-state index in [-0.39, 0.29) is 5.54 Å². The van der Waals surface area contributed by atoms with Gasteiger partial charge in [-0.15, -0.1) is 0 Å². The Morgan fingerprint density at radius 3 is 2.50 bits per heavy atom. The van der Waals surface area contributed by atoms with Gasteiger partial charge in [-0.1, -0.05) is 33.6 Å². The Kier molecular flexibility index (Phi) is 2.99. The molecule has 3 heteroatoms. The van der Waals surface area contributed by atoms with Crippen LogP contribution in [0, 0.1) is 5.41 Å². The van der Waals surface area contributed by atoms with E-state index < -0.39 is 0 Å². The van der Waals surface area contributed by atoms with E-state index >= 15 is 0 Å². The van der Waals surface area contributed by atoms with Crippen molar-refractivity contribution in [3.63, 3.8) is 0 Å². The van der Waals surface area contributed by atoms with Gasteiger partial charge >= 0.3 is 0 Å². The summed E-state index contributed by atoms with van der Waals surface area (Å²) in [5, 5.41) is 3.44. The summed E-state index contributed by atoms with van der Waals surface area (Å²) in [5.41, 5.74) is 0.142. The number of amides is 1. The van der Waals surface area contributed by atoms with E-state index in [4.69, 9.17) is 0 Å². The van der Waals surface area contributed by atoms with E-state index in [0.717, 1.165) is 32.5 Å². The summed E-state index contributed by atoms with van der Waals surface area (Å²) in [5.74, 6) is 0.356. The van der Waals surface area contributed by atoms with Gasteiger partial charge in [0.15, 0.2) is 0 Å². The SMILES string of the molecule is CC(C)(C)CCN1CNC2(CCCC2)C1=O. The Balaban J connectivity index is 1.92. The maximum Gasteiger partial charge on any atom is 0.243 e. The van der Waals surface area contributed by atoms with E-state index in [1.165, 1.54) is 12.8 Å². The second kappa shape index (κ2) is 4.02. The molecule has 1 spiro atoms. The summed E-state index contributed by atoms with van der Waals surface area (Å²) < 4.78 is 0. The van der Waals surface area contributed by atoms with Crippen molar-refractivity contribution < 1.29 is 4.79 Å². The number of carbonyl (C=O) groups is 1. The first-order valence-corrected chi connectivity index (χ1v) is 6.47. The van der Waals surface area contributed by atoms with Crippen LogP contribution in [0.5, 0.6) is 0 Å². The molecule has 2 aliphatic rings. The van der Waals surface area contributed by atoms with Crippen LogP contribution < -0.4 is 5.32 Å². The van der Waals surface area contributed by atoms with Crippen molar-refractivity contribution in [2.45, 2.75) is 58.4 Å². The normalized spacial score (nSPS) is 24.7. The van der Waals surface area contributed by atoms with Gasteiger partial charge in [0.1, 0.15) is 0 Å². The van der Waals surface area contributed by atoms with Crippen LogP contribution in [0.15, 0.2) is 0 Å². The van der Waals surface area contributed by atoms with Gasteiger partial charge in [-0.3, -0.25) is 10.1 Å². The van der Waals surface area contributed by atoms with Crippen molar-refractivity contribution >= 4 is 5.91 Å². The van der Waals surface area contributed by atoms with Crippen LogP contribution in [-0.2, 0) is 4.79 Å². The Morgan fingerprint density at radius 1 is 1.31 bits per heavy atom. The molecule has 1 aliphatic carbocycles. The molecule has 1 N–H and O–H groups in total. The Morgan fingerprint density at radius 2 is 1.94 bits per heavy atom. The van der Waals surface area contributed by atoms with Crippen molar-refractivity contribution in [3.8, 4) is 0 Å². The monoisotopic (exact) mass is 224 g/mol. The van der Waals surface area contributed by atoms with Crippen LogP contribution in [0.3, 0.4) is 0 Å². The molecule has 0 aromatic carbocycles. The molecule has 1 aliphatic heterocycles. The average Bonchev–Trinajstić information content (AvgIpc) is 2.75. The van der Waals surface area contributed by atoms with Crippen LogP contribution in [0.2, 0.25) is 0 Å². The minimum atomic E-state index is -0.169. The molecular weight excluding hydrogens is 200 g/mol. The van der Waals surface area contributed by atoms with E-state index in [9.17, 15) is 4.79 Å². The molecule has 16 heavy (non-hydrogen) atoms. The molecule has 3 nitrogen and oxygen atoms in total. The number of carbonyl (C=O) groups excluding carboxylic acids is 1. The van der Waals surface area contributed by atoms with Gasteiger partial charge in [0.25, 0.3) is 0 Å². The van der Waals surface area contributed by atoms with E-state index in [2.05, 4.69) is 26.1 Å². The first-order chi connectivity index (χ1) is 7.43. The number of hydrogen-bond acceptors (Lipinski definition) is 2. The Labute approximate surface area is 98.6 Å². The molecule has 92 valence electrons. The lowest BCUT2D eigenvalue weighted by Gasteiger charge is -2.24. The summed E-state index contributed by atoms with van der Waals surface area (Å²) in [4.78, 5) is 14.3. The third-order valence-electron chi connectivity index (χ3n) is 3.89. The van der Waals surface area contributed by atoms with Crippen LogP contribution in [0.1, 0.15) is 52.9 Å². The second-order valence-electron chi connectivity index (χ2n) is 6.50. The molecule has 1 amide bonds. The summed E-state index contributed by atoms with van der Waals surface area (Å²) in [6.07, 6.45) is 5.56. The molecule has 0 aromatic heterocycles. The lowest BCUT2D eigenvalue weighted by molar-refractivity contribution is -0.132. The highest BCUT2D eigenvalue weighted by molar-refractivity contribution is 5.88. The second-order valence-corrected chi connectivity index (χ2v) is 6.50. The third-order valence-corrected chi connectivity index (χ3v) is 3.89. The Hall–Kier alpha value is -0.570. The summed E-state index contributed by atoms with van der Waals surface area (Å²) in [7, 11) is 0. The molecule has 1 heterocycles. The molecule has 1 saturated heterocycles. The van der Waals surface area contributed by atoms with Crippen molar-refractivity contribution in [2.75, 3.05) is 13.2 Å². The molecular formula is C13H24N2O. The standard InChI is InChI=1S/C13H24N2O/c1-12(2,3)8-9-15-10-14-13(11(15)16)6-4-5-7-13/h14H,4-10H2,1-3H3. The lowest BCUT2D eigenvalue weighted by atomic mass is 9.92. The fourth-order valence-corrected chi connectivity index (χ4v) is 2.72. The maximum absolute atomic E-state index is 12.3. The van der Waals surface area contributed by atoms with Crippen LogP contribution in [0.4, 0.5) is 0 Å². The molecule has 0 unspecified atom stereocenters. The third kappa shape index (κ3) is 2.24. The predicted molar refractivity (Wildman–Crippen MR) is 65.0 cm³/mol. The van der Waals surface area contributed by atoms with Gasteiger partial charge in [-0.2, -0.15) is 0 Å². The first-order valence-electron chi connectivity index (χ1n) is 6.47. The van der Waals surface area contributed by atoms with Crippen LogP contribution in [-0.4, -0.2) is 29.6 Å². The van der Waals surface area contributed by atoms with Crippen molar-refractivity contribution in [1.29, 1.82) is 0 Å². The predicted octanol–water partition coefficient (Wildman–Crippen LogP) is 2.12. The minimum Gasteiger partial charge on any atom is -0.328 e. The topological polar surface area (TPSA) is 32.3 Å². The highest BCUT2D eigenvalue weighted by atomic mass is 16.2. The number of nitrogens with one attached hydrogen (secondary N) is 1. The van der Waals surface area contributed by atoms with Crippen molar-refractivity contribution in [3.05, 3.63) is 0 Å². The smallest absolute Gasteiger partial charge is 0.243 e. The summed E-state index contributed by atoms with van der Waals surface area (Å²) >= 11 is 0. The first kappa shape index (κ1) is 11.9. The molecule has 0 atom stereocenters. The summed E-state index contributed by atoms with van der Waals surface area (Å²) in [6.45, 7) is 8.34. The highest BCUT2D eigenvalue weighted by Crippen LogP contribution is 2.34. The summed E-state index contributed by atoms with van der Waals surface area (Å²) in [6, 6.07) is 0. The molecule has 2 rings (SSSR count). The highest BCUT2D eigenvalue weighted by Gasteiger charge is 2.47. The molecule has 1 saturated carbocycles. The number of rotatable bonds is 2. The molecule has 2 fully saturated rings. The number of hydrogen-bond donors (Lipinski definition) is 1. The fraction of sp³-hybridized carbons (Fsp3) is 0.923. The van der Waals surface area contributed by atoms with Crippen LogP contribution >= 0.6 is 0 Å². The van der Waals surface area contributed by atoms with Gasteiger partial charge in [-0.05, 0) is 24.7 Å².